The second-order valence-corrected chi connectivity index (χ2v) is 11.0. The first-order valence-corrected chi connectivity index (χ1v) is 13.2. The van der Waals surface area contributed by atoms with Gasteiger partial charge in [0.15, 0.2) is 0 Å². The number of carbonyl (C=O) groups excluding carboxylic acids is 1. The zero-order valence-corrected chi connectivity index (χ0v) is 21.9. The smallest absolute Gasteiger partial charge is 0.289 e. The molecule has 0 fully saturated rings. The average molecular weight is 581 g/mol. The summed E-state index contributed by atoms with van der Waals surface area (Å²) in [6.45, 7) is 1.35. The summed E-state index contributed by atoms with van der Waals surface area (Å²) in [5.74, 6) is -0.500. The number of sulfonamides is 1. The lowest BCUT2D eigenvalue weighted by molar-refractivity contribution is -0.384. The summed E-state index contributed by atoms with van der Waals surface area (Å²) in [5, 5.41) is 13.9. The third-order valence-electron chi connectivity index (χ3n) is 5.22. The lowest BCUT2D eigenvalue weighted by atomic mass is 10.1. The van der Waals surface area contributed by atoms with E-state index in [0.29, 0.717) is 6.42 Å². The van der Waals surface area contributed by atoms with Crippen LogP contribution in [0.15, 0.2) is 82.2 Å². The van der Waals surface area contributed by atoms with E-state index in [4.69, 9.17) is 11.6 Å². The van der Waals surface area contributed by atoms with Crippen molar-refractivity contribution in [3.05, 3.63) is 98.0 Å². The van der Waals surface area contributed by atoms with Gasteiger partial charge in [0.25, 0.3) is 15.7 Å². The molecular weight excluding hydrogens is 558 g/mol. The predicted octanol–water partition coefficient (Wildman–Crippen LogP) is 5.34. The highest BCUT2D eigenvalue weighted by Crippen LogP contribution is 2.31. The van der Waals surface area contributed by atoms with E-state index >= 15 is 0 Å². The van der Waals surface area contributed by atoms with Gasteiger partial charge < -0.3 is 5.32 Å². The van der Waals surface area contributed by atoms with E-state index in [1.807, 2.05) is 37.3 Å². The molecule has 0 bridgehead atoms. The van der Waals surface area contributed by atoms with Crippen LogP contribution >= 0.6 is 27.5 Å². The Bertz CT molecular complexity index is 1300. The summed E-state index contributed by atoms with van der Waals surface area (Å²) in [7, 11) is -4.33. The standard InChI is InChI=1S/C24H23BrClN3O5S/c1-17(7-8-18-5-3-2-4-6-18)27-24(30)16-28(20-11-9-19(25)10-12-20)35(33,34)21-13-14-22(26)23(15-21)29(31)32/h2-6,9-15,17H,7-8,16H2,1H3,(H,27,30). The van der Waals surface area contributed by atoms with Crippen LogP contribution in [-0.2, 0) is 21.2 Å². The van der Waals surface area contributed by atoms with Crippen molar-refractivity contribution in [2.45, 2.75) is 30.7 Å². The van der Waals surface area contributed by atoms with Crippen molar-refractivity contribution in [3.8, 4) is 0 Å². The van der Waals surface area contributed by atoms with Crippen LogP contribution < -0.4 is 9.62 Å². The maximum atomic E-state index is 13.5. The number of anilines is 1. The summed E-state index contributed by atoms with van der Waals surface area (Å²) in [6, 6.07) is 19.2. The van der Waals surface area contributed by atoms with Gasteiger partial charge in [-0.3, -0.25) is 19.2 Å². The zero-order chi connectivity index (χ0) is 25.6. The van der Waals surface area contributed by atoms with Crippen molar-refractivity contribution in [1.29, 1.82) is 0 Å². The van der Waals surface area contributed by atoms with Crippen LogP contribution in [-0.4, -0.2) is 31.8 Å². The molecule has 1 unspecified atom stereocenters. The van der Waals surface area contributed by atoms with Gasteiger partial charge in [-0.05, 0) is 61.7 Å². The summed E-state index contributed by atoms with van der Waals surface area (Å²) in [6.07, 6.45) is 1.43. The number of hydrogen-bond donors (Lipinski definition) is 1. The molecule has 3 aromatic rings. The predicted molar refractivity (Wildman–Crippen MR) is 139 cm³/mol. The number of carbonyl (C=O) groups is 1. The molecule has 0 saturated carbocycles. The Balaban J connectivity index is 1.83. The largest absolute Gasteiger partial charge is 0.352 e. The van der Waals surface area contributed by atoms with E-state index in [2.05, 4.69) is 21.2 Å². The summed E-state index contributed by atoms with van der Waals surface area (Å²) >= 11 is 9.16. The molecule has 0 aromatic heterocycles. The average Bonchev–Trinajstić information content (AvgIpc) is 2.82. The van der Waals surface area contributed by atoms with Crippen LogP contribution in [0.5, 0.6) is 0 Å². The lowest BCUT2D eigenvalue weighted by Crippen LogP contribution is -2.43. The molecule has 0 spiro atoms. The first-order valence-electron chi connectivity index (χ1n) is 10.6. The fourth-order valence-corrected chi connectivity index (χ4v) is 5.29. The zero-order valence-electron chi connectivity index (χ0n) is 18.7. The van der Waals surface area contributed by atoms with Crippen molar-refractivity contribution in [2.75, 3.05) is 10.8 Å². The molecule has 3 aromatic carbocycles. The Morgan fingerprint density at radius 3 is 2.40 bits per heavy atom. The molecule has 0 radical (unpaired) electrons. The molecular formula is C24H23BrClN3O5S. The van der Waals surface area contributed by atoms with Crippen LogP contribution in [0.3, 0.4) is 0 Å². The van der Waals surface area contributed by atoms with E-state index < -0.39 is 33.1 Å². The van der Waals surface area contributed by atoms with Crippen molar-refractivity contribution in [1.82, 2.24) is 5.32 Å². The van der Waals surface area contributed by atoms with Gasteiger partial charge in [0.05, 0.1) is 15.5 Å². The molecule has 35 heavy (non-hydrogen) atoms. The van der Waals surface area contributed by atoms with E-state index in [1.165, 1.54) is 18.2 Å². The van der Waals surface area contributed by atoms with Crippen molar-refractivity contribution in [3.63, 3.8) is 0 Å². The first kappa shape index (κ1) is 26.7. The minimum absolute atomic E-state index is 0.186. The van der Waals surface area contributed by atoms with Crippen LogP contribution in [0, 0.1) is 10.1 Å². The van der Waals surface area contributed by atoms with Gasteiger partial charge >= 0.3 is 0 Å². The molecule has 0 heterocycles. The molecule has 8 nitrogen and oxygen atoms in total. The SMILES string of the molecule is CC(CCc1ccccc1)NC(=O)CN(c1ccc(Br)cc1)S(=O)(=O)c1ccc(Cl)c([N+](=O)[O-])c1. The minimum Gasteiger partial charge on any atom is -0.352 e. The second-order valence-electron chi connectivity index (χ2n) is 7.85. The molecule has 184 valence electrons. The summed E-state index contributed by atoms with van der Waals surface area (Å²) in [5.41, 5.74) is 0.831. The molecule has 11 heteroatoms. The number of benzene rings is 3. The quantitative estimate of drug-likeness (QED) is 0.257. The highest BCUT2D eigenvalue weighted by molar-refractivity contribution is 9.10. The van der Waals surface area contributed by atoms with Gasteiger partial charge in [-0.1, -0.05) is 57.9 Å². The molecule has 1 atom stereocenters. The Morgan fingerprint density at radius 1 is 1.11 bits per heavy atom. The number of nitrogens with one attached hydrogen (secondary N) is 1. The van der Waals surface area contributed by atoms with E-state index in [1.54, 1.807) is 12.1 Å². The maximum absolute atomic E-state index is 13.5. The Kier molecular flexibility index (Phi) is 8.87. The summed E-state index contributed by atoms with van der Waals surface area (Å²) < 4.78 is 28.7. The van der Waals surface area contributed by atoms with E-state index in [-0.39, 0.29) is 21.6 Å². The van der Waals surface area contributed by atoms with E-state index in [9.17, 15) is 23.3 Å². The number of hydrogen-bond acceptors (Lipinski definition) is 5. The Hall–Kier alpha value is -2.95. The first-order chi connectivity index (χ1) is 16.6. The van der Waals surface area contributed by atoms with Crippen molar-refractivity contribution >= 4 is 54.8 Å². The van der Waals surface area contributed by atoms with Gasteiger partial charge in [-0.15, -0.1) is 0 Å². The van der Waals surface area contributed by atoms with Gasteiger partial charge in [-0.25, -0.2) is 8.42 Å². The molecule has 3 rings (SSSR count). The lowest BCUT2D eigenvalue weighted by Gasteiger charge is -2.25. The molecule has 0 aliphatic rings. The summed E-state index contributed by atoms with van der Waals surface area (Å²) in [4.78, 5) is 23.0. The highest BCUT2D eigenvalue weighted by Gasteiger charge is 2.30. The molecule has 1 N–H and O–H groups in total. The van der Waals surface area contributed by atoms with Crippen molar-refractivity contribution in [2.24, 2.45) is 0 Å². The van der Waals surface area contributed by atoms with Gasteiger partial charge in [0.1, 0.15) is 11.6 Å². The molecule has 0 aliphatic carbocycles. The normalized spacial score (nSPS) is 12.1. The minimum atomic E-state index is -4.33. The maximum Gasteiger partial charge on any atom is 0.289 e. The van der Waals surface area contributed by atoms with Crippen molar-refractivity contribution < 1.29 is 18.1 Å². The molecule has 0 saturated heterocycles. The third kappa shape index (κ3) is 7.03. The fourth-order valence-electron chi connectivity index (χ4n) is 3.39. The number of halogens is 2. The number of nitrogens with zero attached hydrogens (tertiary/aromatic N) is 2. The number of nitro groups is 1. The number of rotatable bonds is 10. The van der Waals surface area contributed by atoms with Gasteiger partial charge in [0.2, 0.25) is 5.91 Å². The van der Waals surface area contributed by atoms with Gasteiger partial charge in [-0.2, -0.15) is 0 Å². The fraction of sp³-hybridized carbons (Fsp3) is 0.208. The molecule has 0 aliphatic heterocycles. The van der Waals surface area contributed by atoms with E-state index in [0.717, 1.165) is 32.9 Å². The topological polar surface area (TPSA) is 110 Å². The van der Waals surface area contributed by atoms with Crippen LogP contribution in [0.4, 0.5) is 11.4 Å². The van der Waals surface area contributed by atoms with Crippen LogP contribution in [0.25, 0.3) is 0 Å². The molecule has 1 amide bonds. The Morgan fingerprint density at radius 2 is 1.77 bits per heavy atom. The van der Waals surface area contributed by atoms with Gasteiger partial charge in [0, 0.05) is 16.6 Å². The second kappa shape index (κ2) is 11.7. The van der Waals surface area contributed by atoms with Crippen LogP contribution in [0.2, 0.25) is 5.02 Å². The Labute approximate surface area is 217 Å². The number of amides is 1. The third-order valence-corrected chi connectivity index (χ3v) is 7.84. The highest BCUT2D eigenvalue weighted by atomic mass is 79.9. The monoisotopic (exact) mass is 579 g/mol. The van der Waals surface area contributed by atoms with Crippen LogP contribution in [0.1, 0.15) is 18.9 Å². The number of nitro benzene ring substituents is 1. The number of aryl methyl sites for hydroxylation is 1.